The standard InChI is InChI=1S/C14H17NO4S/c1-2-17-13(16)15-10-3-4-12-11(9-10)14(5-8-20-12)18-6-7-19-14/h3-4,9H,2,5-8H2,1H3,(H,15,16). The molecule has 108 valence electrons. The molecule has 20 heavy (non-hydrogen) atoms. The molecule has 1 aromatic carbocycles. The summed E-state index contributed by atoms with van der Waals surface area (Å²) in [6, 6.07) is 5.79. The molecule has 0 atom stereocenters. The maximum Gasteiger partial charge on any atom is 0.411 e. The Labute approximate surface area is 122 Å². The van der Waals surface area contributed by atoms with Gasteiger partial charge in [-0.1, -0.05) is 0 Å². The first-order chi connectivity index (χ1) is 9.73. The highest BCUT2D eigenvalue weighted by molar-refractivity contribution is 7.99. The van der Waals surface area contributed by atoms with Gasteiger partial charge in [0.25, 0.3) is 0 Å². The number of amides is 1. The normalized spacial score (nSPS) is 19.6. The zero-order chi connectivity index (χ0) is 14.0. The number of nitrogens with one attached hydrogen (secondary N) is 1. The molecule has 0 saturated carbocycles. The van der Waals surface area contributed by atoms with Gasteiger partial charge >= 0.3 is 6.09 Å². The predicted octanol–water partition coefficient (Wildman–Crippen LogP) is 2.95. The maximum atomic E-state index is 11.5. The largest absolute Gasteiger partial charge is 0.450 e. The molecule has 3 rings (SSSR count). The van der Waals surface area contributed by atoms with Gasteiger partial charge in [0.2, 0.25) is 0 Å². The zero-order valence-corrected chi connectivity index (χ0v) is 12.1. The van der Waals surface area contributed by atoms with Gasteiger partial charge in [-0.2, -0.15) is 0 Å². The van der Waals surface area contributed by atoms with Crippen molar-refractivity contribution in [2.75, 3.05) is 30.9 Å². The van der Waals surface area contributed by atoms with Crippen molar-refractivity contribution in [3.05, 3.63) is 23.8 Å². The minimum Gasteiger partial charge on any atom is -0.450 e. The summed E-state index contributed by atoms with van der Waals surface area (Å²) >= 11 is 1.78. The van der Waals surface area contributed by atoms with Crippen LogP contribution in [-0.4, -0.2) is 31.7 Å². The lowest BCUT2D eigenvalue weighted by atomic mass is 10.0. The number of hydrogen-bond donors (Lipinski definition) is 1. The van der Waals surface area contributed by atoms with Gasteiger partial charge in [0.15, 0.2) is 5.79 Å². The van der Waals surface area contributed by atoms with Crippen molar-refractivity contribution in [1.82, 2.24) is 0 Å². The summed E-state index contributed by atoms with van der Waals surface area (Å²) in [6.07, 6.45) is 0.381. The number of thioether (sulfide) groups is 1. The predicted molar refractivity (Wildman–Crippen MR) is 76.0 cm³/mol. The van der Waals surface area contributed by atoms with Crippen molar-refractivity contribution in [2.24, 2.45) is 0 Å². The molecular weight excluding hydrogens is 278 g/mol. The van der Waals surface area contributed by atoms with Crippen LogP contribution in [0.5, 0.6) is 0 Å². The number of benzene rings is 1. The Morgan fingerprint density at radius 3 is 3.00 bits per heavy atom. The molecule has 2 heterocycles. The average Bonchev–Trinajstić information content (AvgIpc) is 2.89. The van der Waals surface area contributed by atoms with E-state index in [0.717, 1.165) is 22.6 Å². The molecule has 1 saturated heterocycles. The van der Waals surface area contributed by atoms with Crippen molar-refractivity contribution in [3.63, 3.8) is 0 Å². The average molecular weight is 295 g/mol. The Hall–Kier alpha value is -1.24. The van der Waals surface area contributed by atoms with Crippen LogP contribution >= 0.6 is 11.8 Å². The lowest BCUT2D eigenvalue weighted by Crippen LogP contribution is -2.31. The third-order valence-electron chi connectivity index (χ3n) is 3.35. The van der Waals surface area contributed by atoms with Crippen LogP contribution in [0, 0.1) is 0 Å². The summed E-state index contributed by atoms with van der Waals surface area (Å²) in [6.45, 7) is 3.35. The summed E-state index contributed by atoms with van der Waals surface area (Å²) in [5.41, 5.74) is 1.70. The maximum absolute atomic E-state index is 11.5. The first-order valence-electron chi connectivity index (χ1n) is 6.72. The number of carbonyl (C=O) groups is 1. The van der Waals surface area contributed by atoms with Gasteiger partial charge in [0.05, 0.1) is 19.8 Å². The number of carbonyl (C=O) groups excluding carboxylic acids is 1. The van der Waals surface area contributed by atoms with Crippen molar-refractivity contribution < 1.29 is 19.0 Å². The Balaban J connectivity index is 1.88. The van der Waals surface area contributed by atoms with Crippen LogP contribution < -0.4 is 5.32 Å². The zero-order valence-electron chi connectivity index (χ0n) is 11.3. The van der Waals surface area contributed by atoms with Crippen molar-refractivity contribution in [1.29, 1.82) is 0 Å². The fourth-order valence-electron chi connectivity index (χ4n) is 2.50. The fraction of sp³-hybridized carbons (Fsp3) is 0.500. The molecular formula is C14H17NO4S. The number of anilines is 1. The second-order valence-electron chi connectivity index (χ2n) is 4.60. The quantitative estimate of drug-likeness (QED) is 0.909. The third-order valence-corrected chi connectivity index (χ3v) is 4.43. The van der Waals surface area contributed by atoms with E-state index >= 15 is 0 Å². The van der Waals surface area contributed by atoms with E-state index in [1.54, 1.807) is 18.7 Å². The van der Waals surface area contributed by atoms with Crippen LogP contribution in [0.2, 0.25) is 0 Å². The Bertz CT molecular complexity index is 514. The van der Waals surface area contributed by atoms with Crippen LogP contribution in [0.1, 0.15) is 18.9 Å². The van der Waals surface area contributed by atoms with Crippen LogP contribution in [0.25, 0.3) is 0 Å². The van der Waals surface area contributed by atoms with Gasteiger partial charge in [-0.05, 0) is 25.1 Å². The SMILES string of the molecule is CCOC(=O)Nc1ccc2c(c1)C1(CCS2)OCCO1. The Morgan fingerprint density at radius 2 is 2.25 bits per heavy atom. The van der Waals surface area contributed by atoms with Gasteiger partial charge in [-0.3, -0.25) is 5.32 Å². The second kappa shape index (κ2) is 5.63. The minimum atomic E-state index is -0.632. The summed E-state index contributed by atoms with van der Waals surface area (Å²) < 4.78 is 16.6. The molecule has 1 spiro atoms. The van der Waals surface area contributed by atoms with Crippen LogP contribution in [0.3, 0.4) is 0 Å². The van der Waals surface area contributed by atoms with Gasteiger partial charge in [0.1, 0.15) is 0 Å². The topological polar surface area (TPSA) is 56.8 Å². The highest BCUT2D eigenvalue weighted by atomic mass is 32.2. The molecule has 1 amide bonds. The molecule has 1 N–H and O–H groups in total. The fourth-order valence-corrected chi connectivity index (χ4v) is 3.63. The Kier molecular flexibility index (Phi) is 3.87. The number of ether oxygens (including phenoxy) is 3. The molecule has 2 aliphatic rings. The van der Waals surface area contributed by atoms with Crippen molar-refractivity contribution >= 4 is 23.5 Å². The van der Waals surface area contributed by atoms with E-state index in [2.05, 4.69) is 5.32 Å². The van der Waals surface area contributed by atoms with E-state index in [9.17, 15) is 4.79 Å². The van der Waals surface area contributed by atoms with Gasteiger partial charge in [-0.15, -0.1) is 11.8 Å². The number of hydrogen-bond acceptors (Lipinski definition) is 5. The minimum absolute atomic E-state index is 0.350. The molecule has 1 aromatic rings. The third kappa shape index (κ3) is 2.51. The summed E-state index contributed by atoms with van der Waals surface area (Å²) in [4.78, 5) is 12.6. The molecule has 0 bridgehead atoms. The molecule has 1 fully saturated rings. The lowest BCUT2D eigenvalue weighted by molar-refractivity contribution is -0.169. The molecule has 5 nitrogen and oxygen atoms in total. The highest BCUT2D eigenvalue weighted by Crippen LogP contribution is 2.46. The smallest absolute Gasteiger partial charge is 0.411 e. The summed E-state index contributed by atoms with van der Waals surface area (Å²) in [5, 5.41) is 2.72. The van der Waals surface area contributed by atoms with Gasteiger partial charge < -0.3 is 14.2 Å². The van der Waals surface area contributed by atoms with Crippen molar-refractivity contribution in [2.45, 2.75) is 24.0 Å². The summed E-state index contributed by atoms with van der Waals surface area (Å²) in [7, 11) is 0. The molecule has 6 heteroatoms. The second-order valence-corrected chi connectivity index (χ2v) is 5.74. The molecule has 0 radical (unpaired) electrons. The number of rotatable bonds is 2. The summed E-state index contributed by atoms with van der Waals surface area (Å²) in [5.74, 6) is 0.338. The molecule has 0 aliphatic carbocycles. The first-order valence-corrected chi connectivity index (χ1v) is 7.71. The monoisotopic (exact) mass is 295 g/mol. The molecule has 0 unspecified atom stereocenters. The molecule has 2 aliphatic heterocycles. The van der Waals surface area contributed by atoms with E-state index in [-0.39, 0.29) is 0 Å². The van der Waals surface area contributed by atoms with Crippen LogP contribution in [-0.2, 0) is 20.0 Å². The van der Waals surface area contributed by atoms with Gasteiger partial charge in [-0.25, -0.2) is 4.79 Å². The van der Waals surface area contributed by atoms with E-state index < -0.39 is 11.9 Å². The van der Waals surface area contributed by atoms with E-state index in [0.29, 0.717) is 25.5 Å². The lowest BCUT2D eigenvalue weighted by Gasteiger charge is -2.33. The molecule has 0 aromatic heterocycles. The van der Waals surface area contributed by atoms with E-state index in [1.807, 2.05) is 18.2 Å². The van der Waals surface area contributed by atoms with Gasteiger partial charge in [0, 0.05) is 28.3 Å². The first kappa shape index (κ1) is 13.7. The van der Waals surface area contributed by atoms with Crippen molar-refractivity contribution in [3.8, 4) is 0 Å². The van der Waals surface area contributed by atoms with E-state index in [4.69, 9.17) is 14.2 Å². The van der Waals surface area contributed by atoms with E-state index in [1.165, 1.54) is 0 Å². The van der Waals surface area contributed by atoms with Crippen LogP contribution in [0.15, 0.2) is 23.1 Å². The Morgan fingerprint density at radius 1 is 1.45 bits per heavy atom. The number of fused-ring (bicyclic) bond motifs is 2. The van der Waals surface area contributed by atoms with Crippen LogP contribution in [0.4, 0.5) is 10.5 Å². The highest BCUT2D eigenvalue weighted by Gasteiger charge is 2.42.